The Morgan fingerprint density at radius 1 is 1.00 bits per heavy atom. The molecule has 4 rings (SSSR count). The van der Waals surface area contributed by atoms with Crippen molar-refractivity contribution in [2.75, 3.05) is 25.9 Å². The van der Waals surface area contributed by atoms with E-state index in [1.54, 1.807) is 0 Å². The van der Waals surface area contributed by atoms with Crippen molar-refractivity contribution >= 4 is 32.8 Å². The van der Waals surface area contributed by atoms with Crippen LogP contribution in [0.2, 0.25) is 0 Å². The van der Waals surface area contributed by atoms with Crippen molar-refractivity contribution in [1.29, 1.82) is 0 Å². The molecular weight excluding hydrogens is 354 g/mol. The molecule has 0 spiro atoms. The van der Waals surface area contributed by atoms with Gasteiger partial charge in [0.05, 0.1) is 5.39 Å². The number of aromatic nitrogens is 3. The van der Waals surface area contributed by atoms with Gasteiger partial charge in [0, 0.05) is 17.7 Å². The van der Waals surface area contributed by atoms with Crippen LogP contribution in [-0.4, -0.2) is 39.6 Å². The maximum Gasteiger partial charge on any atom is 0.146 e. The Morgan fingerprint density at radius 3 is 1.96 bits per heavy atom. The van der Waals surface area contributed by atoms with E-state index >= 15 is 0 Å². The monoisotopic (exact) mass is 383 g/mol. The second-order valence-electron chi connectivity index (χ2n) is 5.97. The summed E-state index contributed by atoms with van der Waals surface area (Å²) in [6.45, 7) is 2.64. The SMILES string of the molecule is C.C1CCC1.CN1CCCC1.Cn1cc(Br)c2c(N)ncnc21. The number of nitrogens with zero attached hydrogens (tertiary/aromatic N) is 4. The van der Waals surface area contributed by atoms with Crippen LogP contribution in [-0.2, 0) is 7.05 Å². The third-order valence-electron chi connectivity index (χ3n) is 4.07. The molecule has 2 fully saturated rings. The van der Waals surface area contributed by atoms with Crippen molar-refractivity contribution in [2.24, 2.45) is 7.05 Å². The van der Waals surface area contributed by atoms with Crippen LogP contribution < -0.4 is 5.73 Å². The van der Waals surface area contributed by atoms with E-state index in [2.05, 4.69) is 37.8 Å². The van der Waals surface area contributed by atoms with Gasteiger partial charge >= 0.3 is 0 Å². The highest BCUT2D eigenvalue weighted by atomic mass is 79.9. The van der Waals surface area contributed by atoms with Gasteiger partial charge in [-0.1, -0.05) is 33.1 Å². The van der Waals surface area contributed by atoms with Gasteiger partial charge < -0.3 is 15.2 Å². The van der Waals surface area contributed by atoms with Crippen molar-refractivity contribution in [3.8, 4) is 0 Å². The van der Waals surface area contributed by atoms with Gasteiger partial charge in [0.25, 0.3) is 0 Å². The smallest absolute Gasteiger partial charge is 0.146 e. The van der Waals surface area contributed by atoms with Crippen LogP contribution in [0, 0.1) is 0 Å². The molecule has 2 aromatic heterocycles. The maximum atomic E-state index is 5.68. The minimum absolute atomic E-state index is 0. The van der Waals surface area contributed by atoms with Crippen molar-refractivity contribution in [3.63, 3.8) is 0 Å². The van der Waals surface area contributed by atoms with Crippen molar-refractivity contribution in [1.82, 2.24) is 19.4 Å². The average molecular weight is 384 g/mol. The molecule has 1 aliphatic heterocycles. The topological polar surface area (TPSA) is 60.0 Å². The van der Waals surface area contributed by atoms with E-state index in [0.29, 0.717) is 5.82 Å². The Morgan fingerprint density at radius 2 is 1.57 bits per heavy atom. The maximum absolute atomic E-state index is 5.68. The van der Waals surface area contributed by atoms with E-state index < -0.39 is 0 Å². The quantitative estimate of drug-likeness (QED) is 0.739. The summed E-state index contributed by atoms with van der Waals surface area (Å²) in [6, 6.07) is 0. The Balaban J connectivity index is 0.000000201. The average Bonchev–Trinajstić information content (AvgIpc) is 2.97. The molecule has 5 nitrogen and oxygen atoms in total. The summed E-state index contributed by atoms with van der Waals surface area (Å²) < 4.78 is 2.83. The van der Waals surface area contributed by atoms with Crippen LogP contribution >= 0.6 is 15.9 Å². The van der Waals surface area contributed by atoms with Crippen molar-refractivity contribution < 1.29 is 0 Å². The predicted octanol–water partition coefficient (Wildman–Crippen LogP) is 4.22. The molecule has 1 aliphatic carbocycles. The molecular formula is C17H30BrN5. The minimum Gasteiger partial charge on any atom is -0.383 e. The second-order valence-corrected chi connectivity index (χ2v) is 6.82. The third-order valence-corrected chi connectivity index (χ3v) is 4.67. The van der Waals surface area contributed by atoms with E-state index in [4.69, 9.17) is 5.73 Å². The number of nitrogens with two attached hydrogens (primary N) is 1. The van der Waals surface area contributed by atoms with Gasteiger partial charge in [-0.05, 0) is 48.9 Å². The standard InChI is InChI=1S/C7H7BrN4.C5H11N.C4H8.CH4/c1-12-2-4(8)5-6(9)10-3-11-7(5)12;1-6-4-2-3-5-6;1-2-4-3-1;/h2-3H,1H3,(H2,9,10,11);2-5H2,1H3;1-4H2;1H4. The summed E-state index contributed by atoms with van der Waals surface area (Å²) in [5.41, 5.74) is 6.52. The lowest BCUT2D eigenvalue weighted by atomic mass is 10.0. The zero-order chi connectivity index (χ0) is 15.9. The second kappa shape index (κ2) is 9.88. The first-order chi connectivity index (χ1) is 10.6. The van der Waals surface area contributed by atoms with E-state index in [9.17, 15) is 0 Å². The van der Waals surface area contributed by atoms with E-state index in [0.717, 1.165) is 15.5 Å². The first-order valence-corrected chi connectivity index (χ1v) is 8.78. The predicted molar refractivity (Wildman–Crippen MR) is 103 cm³/mol. The van der Waals surface area contributed by atoms with Gasteiger partial charge in [0.1, 0.15) is 17.8 Å². The summed E-state index contributed by atoms with van der Waals surface area (Å²) in [7, 11) is 4.09. The number of anilines is 1. The van der Waals surface area contributed by atoms with Gasteiger partial charge in [-0.25, -0.2) is 9.97 Å². The van der Waals surface area contributed by atoms with Crippen LogP contribution in [0.3, 0.4) is 0 Å². The first-order valence-electron chi connectivity index (χ1n) is 7.99. The zero-order valence-corrected chi connectivity index (χ0v) is 15.1. The third kappa shape index (κ3) is 5.77. The van der Waals surface area contributed by atoms with Gasteiger partial charge in [0.15, 0.2) is 0 Å². The molecule has 0 radical (unpaired) electrons. The van der Waals surface area contributed by atoms with Crippen LogP contribution in [0.25, 0.3) is 11.0 Å². The summed E-state index contributed by atoms with van der Waals surface area (Å²) in [4.78, 5) is 10.4. The number of halogens is 1. The summed E-state index contributed by atoms with van der Waals surface area (Å²) in [5.74, 6) is 0.507. The Hall–Kier alpha value is -1.14. The number of rotatable bonds is 0. The van der Waals surface area contributed by atoms with Gasteiger partial charge in [0.2, 0.25) is 0 Å². The molecule has 3 heterocycles. The molecule has 23 heavy (non-hydrogen) atoms. The Kier molecular flexibility index (Phi) is 8.55. The van der Waals surface area contributed by atoms with Crippen LogP contribution in [0.4, 0.5) is 5.82 Å². The van der Waals surface area contributed by atoms with Crippen LogP contribution in [0.1, 0.15) is 46.0 Å². The number of aryl methyl sites for hydroxylation is 1. The lowest BCUT2D eigenvalue weighted by Gasteiger charge is -2.05. The Labute approximate surface area is 148 Å². The molecule has 130 valence electrons. The minimum atomic E-state index is 0. The summed E-state index contributed by atoms with van der Waals surface area (Å²) in [5, 5.41) is 0.875. The fourth-order valence-electron chi connectivity index (χ4n) is 2.31. The number of hydrogen-bond acceptors (Lipinski definition) is 4. The number of hydrogen-bond donors (Lipinski definition) is 1. The summed E-state index contributed by atoms with van der Waals surface area (Å²) >= 11 is 3.39. The van der Waals surface area contributed by atoms with Crippen molar-refractivity contribution in [3.05, 3.63) is 17.0 Å². The molecule has 1 saturated carbocycles. The molecule has 6 heteroatoms. The molecule has 2 N–H and O–H groups in total. The van der Waals surface area contributed by atoms with E-state index in [1.807, 2.05) is 17.8 Å². The molecule has 0 aromatic carbocycles. The van der Waals surface area contributed by atoms with E-state index in [-0.39, 0.29) is 7.43 Å². The highest BCUT2D eigenvalue weighted by Crippen LogP contribution is 2.26. The molecule has 0 bridgehead atoms. The fourth-order valence-corrected chi connectivity index (χ4v) is 2.99. The van der Waals surface area contributed by atoms with E-state index in [1.165, 1.54) is 57.9 Å². The number of fused-ring (bicyclic) bond motifs is 1. The fraction of sp³-hybridized carbons (Fsp3) is 0.647. The highest BCUT2D eigenvalue weighted by molar-refractivity contribution is 9.10. The molecule has 2 aromatic rings. The van der Waals surface area contributed by atoms with Gasteiger partial charge in [-0.3, -0.25) is 0 Å². The largest absolute Gasteiger partial charge is 0.383 e. The molecule has 2 aliphatic rings. The normalized spacial score (nSPS) is 16.5. The number of likely N-dealkylation sites (tertiary alicyclic amines) is 1. The van der Waals surface area contributed by atoms with Gasteiger partial charge in [-0.15, -0.1) is 0 Å². The van der Waals surface area contributed by atoms with Crippen molar-refractivity contribution in [2.45, 2.75) is 46.0 Å². The zero-order valence-electron chi connectivity index (χ0n) is 13.6. The highest BCUT2D eigenvalue weighted by Gasteiger charge is 2.08. The molecule has 0 unspecified atom stereocenters. The molecule has 0 atom stereocenters. The Bertz CT molecular complexity index is 582. The lowest BCUT2D eigenvalue weighted by Crippen LogP contribution is -2.10. The van der Waals surface area contributed by atoms with Crippen LogP contribution in [0.15, 0.2) is 17.0 Å². The van der Waals surface area contributed by atoms with Crippen LogP contribution in [0.5, 0.6) is 0 Å². The molecule has 0 amide bonds. The number of nitrogen functional groups attached to an aromatic ring is 1. The lowest BCUT2D eigenvalue weighted by molar-refractivity contribution is 0.418. The first kappa shape index (κ1) is 19.9. The summed E-state index contributed by atoms with van der Waals surface area (Å²) in [6.07, 6.45) is 12.2. The molecule has 1 saturated heterocycles. The van der Waals surface area contributed by atoms with Gasteiger partial charge in [-0.2, -0.15) is 0 Å².